The number of carbonyl (C=O) groups is 2. The molecule has 0 aromatic heterocycles. The van der Waals surface area contributed by atoms with E-state index in [1.54, 1.807) is 11.9 Å². The summed E-state index contributed by atoms with van der Waals surface area (Å²) in [5.41, 5.74) is 0. The van der Waals surface area contributed by atoms with Gasteiger partial charge in [0.15, 0.2) is 0 Å². The fourth-order valence-electron chi connectivity index (χ4n) is 1.03. The zero-order valence-corrected chi connectivity index (χ0v) is 9.78. The number of carboxylic acids is 1. The first-order chi connectivity index (χ1) is 6.86. The molecule has 0 saturated carbocycles. The fourth-order valence-corrected chi connectivity index (χ4v) is 1.03. The summed E-state index contributed by atoms with van der Waals surface area (Å²) < 4.78 is 0. The highest BCUT2D eigenvalue weighted by atomic mass is 16.4. The largest absolute Gasteiger partial charge is 0.481 e. The molecule has 2 N–H and O–H groups in total. The predicted octanol–water partition coefficient (Wildman–Crippen LogP) is 1.15. The molecule has 0 bridgehead atoms. The molecule has 0 aliphatic heterocycles. The maximum absolute atomic E-state index is 11.5. The highest BCUT2D eigenvalue weighted by Crippen LogP contribution is 2.07. The van der Waals surface area contributed by atoms with Crippen molar-refractivity contribution in [1.82, 2.24) is 10.2 Å². The average Bonchev–Trinajstić information content (AvgIpc) is 2.14. The molecule has 0 rings (SSSR count). The van der Waals surface area contributed by atoms with E-state index in [-0.39, 0.29) is 25.0 Å². The van der Waals surface area contributed by atoms with Crippen molar-refractivity contribution in [1.29, 1.82) is 0 Å². The number of nitrogens with one attached hydrogen (secondary N) is 1. The monoisotopic (exact) mass is 216 g/mol. The van der Waals surface area contributed by atoms with E-state index in [0.717, 1.165) is 0 Å². The Bertz CT molecular complexity index is 229. The second-order valence-electron chi connectivity index (χ2n) is 3.97. The van der Waals surface area contributed by atoms with Gasteiger partial charge < -0.3 is 15.3 Å². The molecule has 2 amide bonds. The van der Waals surface area contributed by atoms with Crippen LogP contribution in [0.15, 0.2) is 0 Å². The molecular formula is C10H20N2O3. The lowest BCUT2D eigenvalue weighted by atomic mass is 10.1. The molecule has 0 aromatic rings. The summed E-state index contributed by atoms with van der Waals surface area (Å²) in [5, 5.41) is 11.0. The molecule has 5 nitrogen and oxygen atoms in total. The van der Waals surface area contributed by atoms with Gasteiger partial charge in [-0.3, -0.25) is 4.79 Å². The van der Waals surface area contributed by atoms with Gasteiger partial charge >= 0.3 is 12.0 Å². The van der Waals surface area contributed by atoms with Gasteiger partial charge in [-0.2, -0.15) is 0 Å². The van der Waals surface area contributed by atoms with Crippen molar-refractivity contribution in [2.75, 3.05) is 13.6 Å². The second kappa shape index (κ2) is 6.27. The molecule has 0 aliphatic carbocycles. The molecular weight excluding hydrogens is 196 g/mol. The summed E-state index contributed by atoms with van der Waals surface area (Å²) in [5.74, 6) is -0.532. The number of rotatable bonds is 5. The van der Waals surface area contributed by atoms with Crippen molar-refractivity contribution in [2.24, 2.45) is 5.92 Å². The number of urea groups is 1. The maximum atomic E-state index is 11.5. The van der Waals surface area contributed by atoms with Crippen LogP contribution >= 0.6 is 0 Å². The Labute approximate surface area is 90.5 Å². The molecule has 1 unspecified atom stereocenters. The molecule has 1 atom stereocenters. The van der Waals surface area contributed by atoms with Gasteiger partial charge in [0.05, 0.1) is 6.42 Å². The zero-order valence-electron chi connectivity index (χ0n) is 9.78. The predicted molar refractivity (Wildman–Crippen MR) is 57.7 cm³/mol. The van der Waals surface area contributed by atoms with Crippen LogP contribution in [-0.4, -0.2) is 41.6 Å². The minimum Gasteiger partial charge on any atom is -0.481 e. The third kappa shape index (κ3) is 5.24. The van der Waals surface area contributed by atoms with E-state index in [4.69, 9.17) is 5.11 Å². The van der Waals surface area contributed by atoms with Crippen molar-refractivity contribution < 1.29 is 14.7 Å². The van der Waals surface area contributed by atoms with Crippen LogP contribution < -0.4 is 5.32 Å². The van der Waals surface area contributed by atoms with Crippen LogP contribution in [-0.2, 0) is 4.79 Å². The number of carbonyl (C=O) groups excluding carboxylic acids is 1. The zero-order chi connectivity index (χ0) is 12.0. The van der Waals surface area contributed by atoms with Crippen molar-refractivity contribution in [3.8, 4) is 0 Å². The van der Waals surface area contributed by atoms with Crippen molar-refractivity contribution in [3.05, 3.63) is 0 Å². The minimum absolute atomic E-state index is 0.0460. The van der Waals surface area contributed by atoms with Crippen molar-refractivity contribution >= 4 is 12.0 Å². The minimum atomic E-state index is -0.908. The van der Waals surface area contributed by atoms with Crippen LogP contribution in [0.3, 0.4) is 0 Å². The van der Waals surface area contributed by atoms with E-state index in [2.05, 4.69) is 5.32 Å². The van der Waals surface area contributed by atoms with Crippen LogP contribution in [0, 0.1) is 5.92 Å². The Kier molecular flexibility index (Phi) is 5.74. The van der Waals surface area contributed by atoms with Crippen LogP contribution in [0.4, 0.5) is 4.79 Å². The molecule has 0 heterocycles. The van der Waals surface area contributed by atoms with Crippen LogP contribution in [0.25, 0.3) is 0 Å². The third-order valence-electron chi connectivity index (χ3n) is 2.51. The van der Waals surface area contributed by atoms with E-state index < -0.39 is 5.97 Å². The smallest absolute Gasteiger partial charge is 0.317 e. The van der Waals surface area contributed by atoms with Gasteiger partial charge in [0.1, 0.15) is 0 Å². The van der Waals surface area contributed by atoms with Gasteiger partial charge in [0.2, 0.25) is 0 Å². The summed E-state index contributed by atoms with van der Waals surface area (Å²) >= 11 is 0. The van der Waals surface area contributed by atoms with Gasteiger partial charge in [0, 0.05) is 19.6 Å². The third-order valence-corrected chi connectivity index (χ3v) is 2.51. The first kappa shape index (κ1) is 13.7. The molecule has 0 radical (unpaired) electrons. The van der Waals surface area contributed by atoms with Gasteiger partial charge in [-0.05, 0) is 12.8 Å². The first-order valence-corrected chi connectivity index (χ1v) is 5.08. The lowest BCUT2D eigenvalue weighted by Gasteiger charge is -2.27. The SMILES string of the molecule is CC(C)C(C)N(C)C(=O)NCCC(=O)O. The molecule has 5 heteroatoms. The van der Waals surface area contributed by atoms with E-state index >= 15 is 0 Å². The second-order valence-corrected chi connectivity index (χ2v) is 3.97. The van der Waals surface area contributed by atoms with Crippen LogP contribution in [0.1, 0.15) is 27.2 Å². The number of hydrogen-bond acceptors (Lipinski definition) is 2. The normalized spacial score (nSPS) is 12.3. The maximum Gasteiger partial charge on any atom is 0.317 e. The van der Waals surface area contributed by atoms with E-state index in [0.29, 0.717) is 5.92 Å². The summed E-state index contributed by atoms with van der Waals surface area (Å²) in [6.45, 7) is 6.20. The highest BCUT2D eigenvalue weighted by Gasteiger charge is 2.17. The molecule has 88 valence electrons. The Morgan fingerprint density at radius 1 is 1.33 bits per heavy atom. The highest BCUT2D eigenvalue weighted by molar-refractivity contribution is 5.75. The van der Waals surface area contributed by atoms with Crippen molar-refractivity contribution in [2.45, 2.75) is 33.2 Å². The molecule has 0 fully saturated rings. The Balaban J connectivity index is 3.94. The Hall–Kier alpha value is -1.26. The molecule has 0 aromatic carbocycles. The number of carboxylic acid groups (broad SMARTS) is 1. The summed E-state index contributed by atoms with van der Waals surface area (Å²) in [7, 11) is 1.71. The van der Waals surface area contributed by atoms with Crippen molar-refractivity contribution in [3.63, 3.8) is 0 Å². The van der Waals surface area contributed by atoms with Crippen LogP contribution in [0.5, 0.6) is 0 Å². The standard InChI is InChI=1S/C10H20N2O3/c1-7(2)8(3)12(4)10(15)11-6-5-9(13)14/h7-8H,5-6H2,1-4H3,(H,11,15)(H,13,14). The van der Waals surface area contributed by atoms with Gasteiger partial charge in [0.25, 0.3) is 0 Å². The van der Waals surface area contributed by atoms with E-state index in [1.807, 2.05) is 20.8 Å². The molecule has 0 spiro atoms. The Morgan fingerprint density at radius 3 is 2.27 bits per heavy atom. The fraction of sp³-hybridized carbons (Fsp3) is 0.800. The number of nitrogens with zero attached hydrogens (tertiary/aromatic N) is 1. The summed E-state index contributed by atoms with van der Waals surface area (Å²) in [6, 6.07) is -0.0905. The van der Waals surface area contributed by atoms with Gasteiger partial charge in [-0.1, -0.05) is 13.8 Å². The lowest BCUT2D eigenvalue weighted by Crippen LogP contribution is -2.44. The molecule has 15 heavy (non-hydrogen) atoms. The molecule has 0 saturated heterocycles. The van der Waals surface area contributed by atoms with Gasteiger partial charge in [-0.25, -0.2) is 4.79 Å². The summed E-state index contributed by atoms with van der Waals surface area (Å²) in [4.78, 5) is 23.3. The lowest BCUT2D eigenvalue weighted by molar-refractivity contribution is -0.136. The van der Waals surface area contributed by atoms with Crippen LogP contribution in [0.2, 0.25) is 0 Å². The number of aliphatic carboxylic acids is 1. The topological polar surface area (TPSA) is 69.6 Å². The average molecular weight is 216 g/mol. The van der Waals surface area contributed by atoms with E-state index in [1.165, 1.54) is 0 Å². The quantitative estimate of drug-likeness (QED) is 0.724. The van der Waals surface area contributed by atoms with Gasteiger partial charge in [-0.15, -0.1) is 0 Å². The summed E-state index contributed by atoms with van der Waals surface area (Å²) in [6.07, 6.45) is -0.0460. The first-order valence-electron chi connectivity index (χ1n) is 5.08. The Morgan fingerprint density at radius 2 is 1.87 bits per heavy atom. The van der Waals surface area contributed by atoms with E-state index in [9.17, 15) is 9.59 Å². The number of amides is 2. The molecule has 0 aliphatic rings. The number of hydrogen-bond donors (Lipinski definition) is 2.